The smallest absolute Gasteiger partial charge is 0.326 e. The molecule has 0 unspecified atom stereocenters. The van der Waals surface area contributed by atoms with Crippen molar-refractivity contribution < 1.29 is 23.8 Å². The summed E-state index contributed by atoms with van der Waals surface area (Å²) in [7, 11) is 1.59. The Bertz CT molecular complexity index is 913. The van der Waals surface area contributed by atoms with Crippen molar-refractivity contribution in [3.8, 4) is 17.2 Å². The summed E-state index contributed by atoms with van der Waals surface area (Å²) in [5.74, 6) is 1.39. The minimum Gasteiger partial charge on any atom is -0.493 e. The first-order chi connectivity index (χ1) is 13.6. The first kappa shape index (κ1) is 19.6. The maximum Gasteiger partial charge on any atom is 0.326 e. The van der Waals surface area contributed by atoms with E-state index in [0.29, 0.717) is 47.5 Å². The zero-order valence-electron chi connectivity index (χ0n) is 15.2. The van der Waals surface area contributed by atoms with Gasteiger partial charge in [0.05, 0.1) is 20.3 Å². The summed E-state index contributed by atoms with van der Waals surface area (Å²) in [5.41, 5.74) is 0.724. The molecule has 0 bridgehead atoms. The zero-order valence-corrected chi connectivity index (χ0v) is 15.9. The van der Waals surface area contributed by atoms with Crippen LogP contribution < -0.4 is 24.8 Å². The Morgan fingerprint density at radius 2 is 1.68 bits per heavy atom. The topological polar surface area (TPSA) is 85.9 Å². The summed E-state index contributed by atoms with van der Waals surface area (Å²) in [5, 5.41) is 5.07. The SMILES string of the molecule is COc1ccccc1OCCCOc1ccc(Cl)cc1C=C1NC(=O)NC1=O. The van der Waals surface area contributed by atoms with Crippen LogP contribution in [0.3, 0.4) is 0 Å². The van der Waals surface area contributed by atoms with Crippen LogP contribution in [-0.4, -0.2) is 32.3 Å². The molecule has 146 valence electrons. The minimum atomic E-state index is -0.561. The maximum atomic E-state index is 11.7. The van der Waals surface area contributed by atoms with Gasteiger partial charge in [0.2, 0.25) is 0 Å². The van der Waals surface area contributed by atoms with Crippen molar-refractivity contribution in [1.82, 2.24) is 10.6 Å². The van der Waals surface area contributed by atoms with Crippen LogP contribution in [0.15, 0.2) is 48.2 Å². The van der Waals surface area contributed by atoms with E-state index in [-0.39, 0.29) is 5.70 Å². The van der Waals surface area contributed by atoms with E-state index in [1.54, 1.807) is 25.3 Å². The lowest BCUT2D eigenvalue weighted by molar-refractivity contribution is -0.115. The van der Waals surface area contributed by atoms with Crippen LogP contribution >= 0.6 is 11.6 Å². The van der Waals surface area contributed by atoms with Crippen LogP contribution in [0.2, 0.25) is 5.02 Å². The van der Waals surface area contributed by atoms with Gasteiger partial charge in [-0.25, -0.2) is 4.79 Å². The molecule has 28 heavy (non-hydrogen) atoms. The van der Waals surface area contributed by atoms with Gasteiger partial charge in [0.1, 0.15) is 11.4 Å². The predicted octanol–water partition coefficient (Wildman–Crippen LogP) is 3.38. The van der Waals surface area contributed by atoms with Gasteiger partial charge in [-0.1, -0.05) is 23.7 Å². The van der Waals surface area contributed by atoms with Crippen LogP contribution in [0, 0.1) is 0 Å². The molecule has 3 amide bonds. The highest BCUT2D eigenvalue weighted by molar-refractivity contribution is 6.30. The monoisotopic (exact) mass is 402 g/mol. The van der Waals surface area contributed by atoms with Crippen molar-refractivity contribution in [2.75, 3.05) is 20.3 Å². The number of imide groups is 1. The van der Waals surface area contributed by atoms with Gasteiger partial charge in [0.15, 0.2) is 11.5 Å². The Labute approximate surface area is 167 Å². The Morgan fingerprint density at radius 3 is 2.36 bits per heavy atom. The molecular formula is C20H19ClN2O5. The summed E-state index contributed by atoms with van der Waals surface area (Å²) in [6, 6.07) is 11.9. The standard InChI is InChI=1S/C20H19ClN2O5/c1-26-17-5-2-3-6-18(17)28-10-4-9-27-16-8-7-14(21)11-13(16)12-15-19(24)23-20(25)22-15/h2-3,5-8,11-12H,4,9-10H2,1H3,(H2,22,23,24,25). The first-order valence-electron chi connectivity index (χ1n) is 8.59. The molecule has 1 aliphatic heterocycles. The average Bonchev–Trinajstić information content (AvgIpc) is 3.00. The molecule has 1 fully saturated rings. The van der Waals surface area contributed by atoms with Crippen molar-refractivity contribution in [3.63, 3.8) is 0 Å². The summed E-state index contributed by atoms with van der Waals surface area (Å²) < 4.78 is 16.8. The molecule has 0 saturated carbocycles. The number of ether oxygens (including phenoxy) is 3. The van der Waals surface area contributed by atoms with E-state index in [1.165, 1.54) is 6.08 Å². The van der Waals surface area contributed by atoms with Gasteiger partial charge in [0, 0.05) is 17.0 Å². The van der Waals surface area contributed by atoms with Crippen LogP contribution in [-0.2, 0) is 4.79 Å². The normalized spacial score (nSPS) is 14.6. The molecule has 1 saturated heterocycles. The van der Waals surface area contributed by atoms with Crippen LogP contribution in [0.1, 0.15) is 12.0 Å². The van der Waals surface area contributed by atoms with Crippen molar-refractivity contribution in [2.24, 2.45) is 0 Å². The lowest BCUT2D eigenvalue weighted by Crippen LogP contribution is -2.22. The molecule has 1 aliphatic rings. The molecular weight excluding hydrogens is 384 g/mol. The number of amides is 3. The fourth-order valence-corrected chi connectivity index (χ4v) is 2.74. The van der Waals surface area contributed by atoms with E-state index < -0.39 is 11.9 Å². The molecule has 0 spiro atoms. The number of carbonyl (C=O) groups is 2. The molecule has 0 atom stereocenters. The van der Waals surface area contributed by atoms with Crippen molar-refractivity contribution in [2.45, 2.75) is 6.42 Å². The lowest BCUT2D eigenvalue weighted by atomic mass is 10.1. The quantitative estimate of drug-likeness (QED) is 0.401. The highest BCUT2D eigenvalue weighted by Gasteiger charge is 2.23. The number of urea groups is 1. The molecule has 7 nitrogen and oxygen atoms in total. The van der Waals surface area contributed by atoms with E-state index in [4.69, 9.17) is 25.8 Å². The third-order valence-corrected chi connectivity index (χ3v) is 4.10. The van der Waals surface area contributed by atoms with Crippen LogP contribution in [0.5, 0.6) is 17.2 Å². The number of methoxy groups -OCH3 is 1. The predicted molar refractivity (Wildman–Crippen MR) is 105 cm³/mol. The van der Waals surface area contributed by atoms with E-state index in [0.717, 1.165) is 0 Å². The Hall–Kier alpha value is -3.19. The number of hydrogen-bond acceptors (Lipinski definition) is 5. The van der Waals surface area contributed by atoms with E-state index in [2.05, 4.69) is 10.6 Å². The lowest BCUT2D eigenvalue weighted by Gasteiger charge is -2.12. The number of carbonyl (C=O) groups excluding carboxylic acids is 2. The second kappa shape index (κ2) is 9.14. The first-order valence-corrected chi connectivity index (χ1v) is 8.97. The van der Waals surface area contributed by atoms with Crippen molar-refractivity contribution in [3.05, 3.63) is 58.7 Å². The average molecular weight is 403 g/mol. The van der Waals surface area contributed by atoms with E-state index in [1.807, 2.05) is 24.3 Å². The number of nitrogens with one attached hydrogen (secondary N) is 2. The van der Waals surface area contributed by atoms with E-state index in [9.17, 15) is 9.59 Å². The number of halogens is 1. The third kappa shape index (κ3) is 4.95. The maximum absolute atomic E-state index is 11.7. The molecule has 0 aromatic heterocycles. The summed E-state index contributed by atoms with van der Waals surface area (Å²) >= 11 is 6.04. The van der Waals surface area contributed by atoms with Gasteiger partial charge in [-0.3, -0.25) is 10.1 Å². The molecule has 0 aliphatic carbocycles. The van der Waals surface area contributed by atoms with E-state index >= 15 is 0 Å². The van der Waals surface area contributed by atoms with Crippen LogP contribution in [0.25, 0.3) is 6.08 Å². The largest absolute Gasteiger partial charge is 0.493 e. The number of para-hydroxylation sites is 2. The Kier molecular flexibility index (Phi) is 6.39. The van der Waals surface area contributed by atoms with Crippen LogP contribution in [0.4, 0.5) is 4.79 Å². The molecule has 2 aromatic carbocycles. The second-order valence-corrected chi connectivity index (χ2v) is 6.29. The summed E-state index contributed by atoms with van der Waals surface area (Å²) in [4.78, 5) is 23.0. The van der Waals surface area contributed by atoms with Crippen molar-refractivity contribution in [1.29, 1.82) is 0 Å². The number of rotatable bonds is 8. The molecule has 2 aromatic rings. The fourth-order valence-electron chi connectivity index (χ4n) is 2.56. The highest BCUT2D eigenvalue weighted by atomic mass is 35.5. The Balaban J connectivity index is 1.58. The summed E-state index contributed by atoms with van der Waals surface area (Å²) in [6.45, 7) is 0.842. The summed E-state index contributed by atoms with van der Waals surface area (Å²) in [6.07, 6.45) is 2.15. The van der Waals surface area contributed by atoms with Gasteiger partial charge in [-0.2, -0.15) is 0 Å². The van der Waals surface area contributed by atoms with Gasteiger partial charge < -0.3 is 19.5 Å². The molecule has 1 heterocycles. The molecule has 0 radical (unpaired) electrons. The van der Waals surface area contributed by atoms with Gasteiger partial charge in [-0.15, -0.1) is 0 Å². The van der Waals surface area contributed by atoms with Gasteiger partial charge >= 0.3 is 6.03 Å². The molecule has 2 N–H and O–H groups in total. The highest BCUT2D eigenvalue weighted by Crippen LogP contribution is 2.27. The third-order valence-electron chi connectivity index (χ3n) is 3.86. The van der Waals surface area contributed by atoms with Gasteiger partial charge in [-0.05, 0) is 36.4 Å². The van der Waals surface area contributed by atoms with Gasteiger partial charge in [0.25, 0.3) is 5.91 Å². The fraction of sp³-hybridized carbons (Fsp3) is 0.200. The molecule has 3 rings (SSSR count). The second-order valence-electron chi connectivity index (χ2n) is 5.85. The number of hydrogen-bond donors (Lipinski definition) is 2. The molecule has 8 heteroatoms. The zero-order chi connectivity index (χ0) is 19.9. The minimum absolute atomic E-state index is 0.136. The number of benzene rings is 2. The van der Waals surface area contributed by atoms with Crippen molar-refractivity contribution >= 4 is 29.6 Å². The Morgan fingerprint density at radius 1 is 0.964 bits per heavy atom.